The number of hydrogen-bond acceptors (Lipinski definition) is 3. The molecule has 3 rings (SSSR count). The number of nitrogens with two attached hydrogens (primary N) is 1. The second-order valence-electron chi connectivity index (χ2n) is 4.48. The second kappa shape index (κ2) is 4.73. The predicted octanol–water partition coefficient (Wildman–Crippen LogP) is 4.83. The van der Waals surface area contributed by atoms with E-state index in [2.05, 4.69) is 0 Å². The Morgan fingerprint density at radius 2 is 1.67 bits per heavy atom. The number of halogens is 3. The number of rotatable bonds is 2. The molecule has 0 saturated carbocycles. The van der Waals surface area contributed by atoms with Crippen molar-refractivity contribution in [3.8, 4) is 11.5 Å². The summed E-state index contributed by atoms with van der Waals surface area (Å²) in [5.74, 6) is 0.728. The number of fused-ring (bicyclic) bond motifs is 1. The van der Waals surface area contributed by atoms with Gasteiger partial charge in [0.15, 0.2) is 5.58 Å². The fraction of sp³-hybridized carbons (Fsp3) is 0.0667. The van der Waals surface area contributed by atoms with Crippen LogP contribution in [0.25, 0.3) is 11.0 Å². The summed E-state index contributed by atoms with van der Waals surface area (Å²) in [6.45, 7) is 0. The number of hydrogen-bond donors (Lipinski definition) is 1. The molecule has 3 nitrogen and oxygen atoms in total. The van der Waals surface area contributed by atoms with Gasteiger partial charge in [0.2, 0.25) is 0 Å². The lowest BCUT2D eigenvalue weighted by Gasteiger charge is -2.09. The molecular formula is C15H10F3NO2. The number of benzene rings is 2. The summed E-state index contributed by atoms with van der Waals surface area (Å²) in [7, 11) is 0. The van der Waals surface area contributed by atoms with Gasteiger partial charge in [-0.2, -0.15) is 13.2 Å². The van der Waals surface area contributed by atoms with E-state index < -0.39 is 11.7 Å². The van der Waals surface area contributed by atoms with Crippen molar-refractivity contribution in [3.63, 3.8) is 0 Å². The van der Waals surface area contributed by atoms with Crippen molar-refractivity contribution in [2.75, 3.05) is 5.73 Å². The van der Waals surface area contributed by atoms with E-state index in [1.165, 1.54) is 18.4 Å². The van der Waals surface area contributed by atoms with E-state index >= 15 is 0 Å². The molecule has 2 N–H and O–H groups in total. The molecule has 1 heterocycles. The topological polar surface area (TPSA) is 48.4 Å². The van der Waals surface area contributed by atoms with Crippen LogP contribution in [0.2, 0.25) is 0 Å². The monoisotopic (exact) mass is 293 g/mol. The van der Waals surface area contributed by atoms with E-state index in [4.69, 9.17) is 14.9 Å². The predicted molar refractivity (Wildman–Crippen MR) is 72.1 cm³/mol. The van der Waals surface area contributed by atoms with Crippen molar-refractivity contribution in [2.24, 2.45) is 0 Å². The van der Waals surface area contributed by atoms with E-state index in [0.717, 1.165) is 17.5 Å². The first-order chi connectivity index (χ1) is 9.93. The maximum Gasteiger partial charge on any atom is 0.416 e. The number of alkyl halides is 3. The summed E-state index contributed by atoms with van der Waals surface area (Å²) in [5, 5.41) is 0.761. The third kappa shape index (κ3) is 2.65. The van der Waals surface area contributed by atoms with Gasteiger partial charge in [0.25, 0.3) is 0 Å². The van der Waals surface area contributed by atoms with Gasteiger partial charge in [-0.15, -0.1) is 0 Å². The minimum absolute atomic E-state index is 0.297. The van der Waals surface area contributed by atoms with Crippen LogP contribution in [0, 0.1) is 0 Å². The summed E-state index contributed by atoms with van der Waals surface area (Å²) in [6.07, 6.45) is -2.86. The molecule has 0 atom stereocenters. The second-order valence-corrected chi connectivity index (χ2v) is 4.48. The maximum absolute atomic E-state index is 12.5. The highest BCUT2D eigenvalue weighted by Gasteiger charge is 2.30. The number of nitrogen functional groups attached to an aromatic ring is 1. The van der Waals surface area contributed by atoms with E-state index in [1.54, 1.807) is 18.2 Å². The first-order valence-corrected chi connectivity index (χ1v) is 6.05. The minimum Gasteiger partial charge on any atom is -0.462 e. The molecule has 0 unspecified atom stereocenters. The van der Waals surface area contributed by atoms with Crippen molar-refractivity contribution in [3.05, 3.63) is 54.3 Å². The van der Waals surface area contributed by atoms with Gasteiger partial charge in [-0.25, -0.2) is 0 Å². The average molecular weight is 293 g/mol. The van der Waals surface area contributed by atoms with Crippen LogP contribution in [0.1, 0.15) is 5.56 Å². The molecule has 0 aliphatic carbocycles. The Hall–Kier alpha value is -2.63. The van der Waals surface area contributed by atoms with Crippen LogP contribution in [-0.4, -0.2) is 0 Å². The summed E-state index contributed by atoms with van der Waals surface area (Å²) in [5.41, 5.74) is 6.04. The summed E-state index contributed by atoms with van der Waals surface area (Å²) in [4.78, 5) is 0. The van der Waals surface area contributed by atoms with Crippen LogP contribution in [0.5, 0.6) is 11.5 Å². The van der Waals surface area contributed by atoms with Crippen LogP contribution >= 0.6 is 0 Å². The molecule has 3 aromatic rings. The SMILES string of the molecule is Nc1cc(Oc2ccc(C(F)(F)F)cc2)cc2ccoc12. The van der Waals surface area contributed by atoms with Gasteiger partial charge in [-0.3, -0.25) is 0 Å². The van der Waals surface area contributed by atoms with Crippen molar-refractivity contribution >= 4 is 16.7 Å². The Kier molecular flexibility index (Phi) is 3.01. The van der Waals surface area contributed by atoms with E-state index in [9.17, 15) is 13.2 Å². The summed E-state index contributed by atoms with van der Waals surface area (Å²) < 4.78 is 48.1. The number of furan rings is 1. The minimum atomic E-state index is -4.36. The number of ether oxygens (including phenoxy) is 1. The van der Waals surface area contributed by atoms with Gasteiger partial charge in [-0.05, 0) is 36.4 Å². The Morgan fingerprint density at radius 1 is 0.952 bits per heavy atom. The first-order valence-electron chi connectivity index (χ1n) is 6.05. The lowest BCUT2D eigenvalue weighted by Crippen LogP contribution is -2.03. The highest BCUT2D eigenvalue weighted by Crippen LogP contribution is 2.33. The van der Waals surface area contributed by atoms with Gasteiger partial charge in [0.1, 0.15) is 11.5 Å². The fourth-order valence-electron chi connectivity index (χ4n) is 1.99. The van der Waals surface area contributed by atoms with Gasteiger partial charge < -0.3 is 14.9 Å². The van der Waals surface area contributed by atoms with Gasteiger partial charge in [-0.1, -0.05) is 0 Å². The smallest absolute Gasteiger partial charge is 0.416 e. The molecule has 0 aliphatic rings. The van der Waals surface area contributed by atoms with Crippen molar-refractivity contribution in [1.29, 1.82) is 0 Å². The first kappa shape index (κ1) is 13.4. The standard InChI is InChI=1S/C15H10F3NO2/c16-15(17,18)10-1-3-11(4-2-10)21-12-7-9-5-6-20-14(9)13(19)8-12/h1-8H,19H2. The Morgan fingerprint density at radius 3 is 2.33 bits per heavy atom. The molecule has 2 aromatic carbocycles. The zero-order valence-corrected chi connectivity index (χ0v) is 10.6. The Labute approximate surface area is 117 Å². The largest absolute Gasteiger partial charge is 0.462 e. The van der Waals surface area contributed by atoms with Gasteiger partial charge in [0.05, 0.1) is 17.5 Å². The van der Waals surface area contributed by atoms with Crippen LogP contribution in [0.3, 0.4) is 0 Å². The molecular weight excluding hydrogens is 283 g/mol. The normalized spacial score (nSPS) is 11.8. The highest BCUT2D eigenvalue weighted by molar-refractivity contribution is 5.89. The Balaban J connectivity index is 1.88. The van der Waals surface area contributed by atoms with Crippen LogP contribution < -0.4 is 10.5 Å². The number of anilines is 1. The highest BCUT2D eigenvalue weighted by atomic mass is 19.4. The van der Waals surface area contributed by atoms with Crippen molar-refractivity contribution < 1.29 is 22.3 Å². The molecule has 0 bridgehead atoms. The molecule has 0 radical (unpaired) electrons. The molecule has 0 spiro atoms. The molecule has 21 heavy (non-hydrogen) atoms. The Bertz CT molecular complexity index is 776. The van der Waals surface area contributed by atoms with Crippen molar-refractivity contribution in [2.45, 2.75) is 6.18 Å². The quantitative estimate of drug-likeness (QED) is 0.689. The maximum atomic E-state index is 12.5. The molecule has 0 amide bonds. The third-order valence-corrected chi connectivity index (χ3v) is 2.97. The molecule has 6 heteroatoms. The van der Waals surface area contributed by atoms with E-state index in [1.807, 2.05) is 0 Å². The average Bonchev–Trinajstić information content (AvgIpc) is 2.87. The molecule has 0 saturated heterocycles. The van der Waals surface area contributed by atoms with Crippen molar-refractivity contribution in [1.82, 2.24) is 0 Å². The summed E-state index contributed by atoms with van der Waals surface area (Å²) in [6, 6.07) is 9.45. The molecule has 1 aromatic heterocycles. The lowest BCUT2D eigenvalue weighted by molar-refractivity contribution is -0.137. The van der Waals surface area contributed by atoms with Gasteiger partial charge in [0, 0.05) is 11.5 Å². The summed E-state index contributed by atoms with van der Waals surface area (Å²) >= 11 is 0. The lowest BCUT2D eigenvalue weighted by atomic mass is 10.2. The van der Waals surface area contributed by atoms with Crippen LogP contribution in [0.4, 0.5) is 18.9 Å². The third-order valence-electron chi connectivity index (χ3n) is 2.97. The molecule has 108 valence electrons. The van der Waals surface area contributed by atoms with E-state index in [0.29, 0.717) is 22.8 Å². The zero-order chi connectivity index (χ0) is 15.0. The molecule has 0 aliphatic heterocycles. The zero-order valence-electron chi connectivity index (χ0n) is 10.6. The molecule has 0 fully saturated rings. The van der Waals surface area contributed by atoms with Crippen LogP contribution in [0.15, 0.2) is 53.1 Å². The van der Waals surface area contributed by atoms with E-state index in [-0.39, 0.29) is 0 Å². The van der Waals surface area contributed by atoms with Gasteiger partial charge >= 0.3 is 6.18 Å². The van der Waals surface area contributed by atoms with Crippen LogP contribution in [-0.2, 0) is 6.18 Å². The fourth-order valence-corrected chi connectivity index (χ4v) is 1.99.